The first-order chi connectivity index (χ1) is 22.9. The Morgan fingerprint density at radius 1 is 1.15 bits per heavy atom. The van der Waals surface area contributed by atoms with Crippen molar-refractivity contribution in [1.29, 1.82) is 0 Å². The summed E-state index contributed by atoms with van der Waals surface area (Å²) in [7, 11) is 3.81. The molecular formula is C35H42ClN7O4. The van der Waals surface area contributed by atoms with Gasteiger partial charge < -0.3 is 29.2 Å². The number of methoxy groups -OCH3 is 1. The molecule has 0 radical (unpaired) electrons. The summed E-state index contributed by atoms with van der Waals surface area (Å²) in [6.07, 6.45) is 11.7. The molecule has 2 amide bonds. The first kappa shape index (κ1) is 31.8. The number of ether oxygens (including phenoxy) is 2. The monoisotopic (exact) mass is 659 g/mol. The number of pyridine rings is 1. The molecule has 1 saturated carbocycles. The van der Waals surface area contributed by atoms with Crippen LogP contribution in [0.1, 0.15) is 65.8 Å². The fraction of sp³-hybridized carbons (Fsp3) is 0.486. The number of likely N-dealkylation sites (tertiary alicyclic amines) is 1. The summed E-state index contributed by atoms with van der Waals surface area (Å²) in [6, 6.07) is 9.95. The van der Waals surface area contributed by atoms with Gasteiger partial charge in [0.2, 0.25) is 6.41 Å². The highest BCUT2D eigenvalue weighted by atomic mass is 35.5. The van der Waals surface area contributed by atoms with Crippen LogP contribution in [0.5, 0.6) is 0 Å². The molecule has 1 N–H and O–H groups in total. The van der Waals surface area contributed by atoms with E-state index in [9.17, 15) is 9.59 Å². The molecule has 2 aliphatic heterocycles. The molecule has 12 heteroatoms. The second kappa shape index (κ2) is 13.4. The van der Waals surface area contributed by atoms with Crippen molar-refractivity contribution in [2.24, 2.45) is 7.05 Å². The SMILES string of the molecule is COC1(CNC(C2=Cc3cccnc3C(N3CCN(C(=O)OC4CCN(C=O)CC4)CC3)c3ccc(Cl)cc32)c2cncn2C)CC1. The van der Waals surface area contributed by atoms with Crippen LogP contribution >= 0.6 is 11.6 Å². The molecule has 2 unspecified atom stereocenters. The second-order valence-electron chi connectivity index (χ2n) is 13.1. The van der Waals surface area contributed by atoms with Crippen LogP contribution in [0.15, 0.2) is 49.1 Å². The van der Waals surface area contributed by atoms with Gasteiger partial charge in [-0.1, -0.05) is 23.7 Å². The highest BCUT2D eigenvalue weighted by Gasteiger charge is 2.44. The van der Waals surface area contributed by atoms with Gasteiger partial charge in [0.05, 0.1) is 41.6 Å². The van der Waals surface area contributed by atoms with Gasteiger partial charge in [-0.05, 0) is 59.4 Å². The number of amides is 2. The number of piperidine rings is 1. The summed E-state index contributed by atoms with van der Waals surface area (Å²) in [5.74, 6) is 0. The number of aromatic nitrogens is 3. The van der Waals surface area contributed by atoms with Crippen LogP contribution in [0.4, 0.5) is 4.79 Å². The summed E-state index contributed by atoms with van der Waals surface area (Å²) >= 11 is 6.74. The van der Waals surface area contributed by atoms with Gasteiger partial charge >= 0.3 is 6.09 Å². The number of hydrogen-bond acceptors (Lipinski definition) is 8. The third kappa shape index (κ3) is 6.54. The zero-order valence-electron chi connectivity index (χ0n) is 27.0. The molecule has 0 spiro atoms. The maximum atomic E-state index is 13.1. The number of benzene rings is 1. The molecule has 3 fully saturated rings. The fourth-order valence-electron chi connectivity index (χ4n) is 7.18. The first-order valence-corrected chi connectivity index (χ1v) is 16.9. The van der Waals surface area contributed by atoms with E-state index in [1.165, 1.54) is 0 Å². The lowest BCUT2D eigenvalue weighted by Crippen LogP contribution is -2.51. The summed E-state index contributed by atoms with van der Waals surface area (Å²) in [5.41, 5.74) is 6.20. The molecule has 0 bridgehead atoms. The van der Waals surface area contributed by atoms with Crippen LogP contribution in [0.25, 0.3) is 11.6 Å². The zero-order chi connectivity index (χ0) is 32.5. The summed E-state index contributed by atoms with van der Waals surface area (Å²) in [6.45, 7) is 4.37. The standard InChI is InChI=1S/C35H42ClN7O4/c1-40-22-37-20-30(40)32(39-21-35(46-2)9-10-35)29-18-24-4-3-11-38-31(24)33(27-6-5-25(36)19-28(27)29)42-14-16-43(17-15-42)34(45)47-26-7-12-41(23-44)13-8-26/h3-6,11,18-20,22-23,26,32-33,39H,7-10,12-17,21H2,1-2H3. The van der Waals surface area contributed by atoms with Crippen LogP contribution in [0, 0.1) is 0 Å². The molecule has 4 heterocycles. The van der Waals surface area contributed by atoms with E-state index in [1.54, 1.807) is 16.9 Å². The summed E-state index contributed by atoms with van der Waals surface area (Å²) in [4.78, 5) is 39.6. The number of carbonyl (C=O) groups excluding carboxylic acids is 2. The van der Waals surface area contributed by atoms with Crippen molar-refractivity contribution >= 4 is 35.8 Å². The number of carbonyl (C=O) groups is 2. The van der Waals surface area contributed by atoms with E-state index in [1.807, 2.05) is 37.9 Å². The average molecular weight is 660 g/mol. The molecule has 7 rings (SSSR count). The van der Waals surface area contributed by atoms with Crippen LogP contribution in [-0.2, 0) is 21.3 Å². The van der Waals surface area contributed by atoms with Crippen molar-refractivity contribution in [1.82, 2.24) is 34.6 Å². The van der Waals surface area contributed by atoms with Gasteiger partial charge in [-0.15, -0.1) is 0 Å². The largest absolute Gasteiger partial charge is 0.446 e. The molecule has 2 aromatic heterocycles. The third-order valence-corrected chi connectivity index (χ3v) is 10.5. The smallest absolute Gasteiger partial charge is 0.410 e. The topological polar surface area (TPSA) is 105 Å². The van der Waals surface area contributed by atoms with Crippen LogP contribution < -0.4 is 5.32 Å². The van der Waals surface area contributed by atoms with Gasteiger partial charge in [0.25, 0.3) is 0 Å². The maximum Gasteiger partial charge on any atom is 0.410 e. The van der Waals surface area contributed by atoms with E-state index < -0.39 is 0 Å². The normalized spacial score (nSPS) is 21.7. The van der Waals surface area contributed by atoms with Crippen LogP contribution in [0.3, 0.4) is 0 Å². The van der Waals surface area contributed by atoms with Crippen molar-refractivity contribution < 1.29 is 19.1 Å². The lowest BCUT2D eigenvalue weighted by atomic mass is 9.89. The molecule has 2 aliphatic carbocycles. The Hall–Kier alpha value is -3.77. The number of piperazine rings is 1. The Bertz CT molecular complexity index is 1640. The zero-order valence-corrected chi connectivity index (χ0v) is 27.7. The number of halogens is 1. The minimum absolute atomic E-state index is 0.140. The maximum absolute atomic E-state index is 13.1. The molecule has 4 aliphatic rings. The fourth-order valence-corrected chi connectivity index (χ4v) is 7.35. The lowest BCUT2D eigenvalue weighted by Gasteiger charge is -2.40. The van der Waals surface area contributed by atoms with Crippen LogP contribution in [0.2, 0.25) is 5.02 Å². The van der Waals surface area contributed by atoms with Crippen molar-refractivity contribution in [2.75, 3.05) is 52.9 Å². The van der Waals surface area contributed by atoms with Gasteiger partial charge in [0.1, 0.15) is 6.10 Å². The Kier molecular flexibility index (Phi) is 9.06. The Balaban J connectivity index is 1.18. The van der Waals surface area contributed by atoms with Crippen molar-refractivity contribution in [3.05, 3.63) is 82.2 Å². The molecule has 11 nitrogen and oxygen atoms in total. The highest BCUT2D eigenvalue weighted by Crippen LogP contribution is 2.45. The van der Waals surface area contributed by atoms with Crippen LogP contribution in [-0.4, -0.2) is 106 Å². The molecule has 2 atom stereocenters. The Morgan fingerprint density at radius 3 is 2.62 bits per heavy atom. The number of imidazole rings is 1. The Labute approximate surface area is 280 Å². The predicted octanol–water partition coefficient (Wildman–Crippen LogP) is 4.30. The molecule has 2 saturated heterocycles. The van der Waals surface area contributed by atoms with Gasteiger partial charge in [-0.25, -0.2) is 9.78 Å². The molecule has 1 aromatic carbocycles. The quantitative estimate of drug-likeness (QED) is 0.339. The van der Waals surface area contributed by atoms with E-state index in [0.29, 0.717) is 63.7 Å². The van der Waals surface area contributed by atoms with Gasteiger partial charge in [-0.3, -0.25) is 14.7 Å². The number of hydrogen-bond donors (Lipinski definition) is 1. The molecule has 47 heavy (non-hydrogen) atoms. The van der Waals surface area contributed by atoms with E-state index in [0.717, 1.165) is 52.9 Å². The van der Waals surface area contributed by atoms with E-state index in [2.05, 4.69) is 44.0 Å². The van der Waals surface area contributed by atoms with E-state index in [-0.39, 0.29) is 29.9 Å². The van der Waals surface area contributed by atoms with E-state index in [4.69, 9.17) is 26.1 Å². The predicted molar refractivity (Wildman–Crippen MR) is 179 cm³/mol. The van der Waals surface area contributed by atoms with Gasteiger partial charge in [-0.2, -0.15) is 0 Å². The van der Waals surface area contributed by atoms with Crippen molar-refractivity contribution in [3.63, 3.8) is 0 Å². The van der Waals surface area contributed by atoms with E-state index >= 15 is 0 Å². The number of aryl methyl sites for hydroxylation is 1. The molecule has 248 valence electrons. The number of nitrogens with one attached hydrogen (secondary N) is 1. The number of fused-ring (bicyclic) bond motifs is 2. The lowest BCUT2D eigenvalue weighted by molar-refractivity contribution is -0.120. The first-order valence-electron chi connectivity index (χ1n) is 16.5. The second-order valence-corrected chi connectivity index (χ2v) is 13.5. The number of nitrogens with zero attached hydrogens (tertiary/aromatic N) is 6. The summed E-state index contributed by atoms with van der Waals surface area (Å²) in [5, 5.41) is 4.51. The molecular weight excluding hydrogens is 618 g/mol. The summed E-state index contributed by atoms with van der Waals surface area (Å²) < 4.78 is 13.8. The van der Waals surface area contributed by atoms with Gasteiger partial charge in [0, 0.05) is 84.0 Å². The highest BCUT2D eigenvalue weighted by molar-refractivity contribution is 6.30. The molecule has 3 aromatic rings. The van der Waals surface area contributed by atoms with Gasteiger partial charge in [0.15, 0.2) is 0 Å². The average Bonchev–Trinajstić information content (AvgIpc) is 3.79. The third-order valence-electron chi connectivity index (χ3n) is 10.2. The van der Waals surface area contributed by atoms with Crippen molar-refractivity contribution in [2.45, 2.75) is 49.5 Å². The Morgan fingerprint density at radius 2 is 1.94 bits per heavy atom. The number of rotatable bonds is 9. The minimum Gasteiger partial charge on any atom is -0.446 e. The van der Waals surface area contributed by atoms with Crippen molar-refractivity contribution in [3.8, 4) is 0 Å². The minimum atomic E-state index is -0.278.